The molecule has 1 atom stereocenters. The van der Waals surface area contributed by atoms with Crippen LogP contribution < -0.4 is 10.4 Å². The molecule has 3 fully saturated rings. The van der Waals surface area contributed by atoms with Gasteiger partial charge in [0.2, 0.25) is 17.4 Å². The Balaban J connectivity index is 1.17. The van der Waals surface area contributed by atoms with Crippen LogP contribution in [-0.2, 0) is 9.53 Å². The molecule has 4 heterocycles. The van der Waals surface area contributed by atoms with E-state index < -0.39 is 17.3 Å². The van der Waals surface area contributed by atoms with Crippen molar-refractivity contribution in [3.63, 3.8) is 0 Å². The molecular weight excluding hydrogens is 641 g/mol. The number of carbonyl (C=O) groups is 3. The molecule has 270 valence electrons. The van der Waals surface area contributed by atoms with Crippen molar-refractivity contribution in [1.82, 2.24) is 29.2 Å². The fourth-order valence-electron chi connectivity index (χ4n) is 7.35. The molecule has 1 aliphatic carbocycles. The molecule has 3 aliphatic rings. The van der Waals surface area contributed by atoms with Crippen LogP contribution in [0.1, 0.15) is 89.0 Å². The molecule has 6 rings (SSSR count). The summed E-state index contributed by atoms with van der Waals surface area (Å²) >= 11 is 0. The predicted octanol–water partition coefficient (Wildman–Crippen LogP) is 5.31. The quantitative estimate of drug-likeness (QED) is 0.356. The van der Waals surface area contributed by atoms with Gasteiger partial charge in [-0.15, -0.1) is 0 Å². The number of aromatic amines is 1. The fourth-order valence-corrected chi connectivity index (χ4v) is 7.35. The van der Waals surface area contributed by atoms with Crippen molar-refractivity contribution in [3.8, 4) is 5.88 Å². The summed E-state index contributed by atoms with van der Waals surface area (Å²) < 4.78 is 27.3. The Labute approximate surface area is 292 Å². The van der Waals surface area contributed by atoms with Crippen molar-refractivity contribution in [1.29, 1.82) is 0 Å². The molecule has 1 N–H and O–H groups in total. The molecule has 12 nitrogen and oxygen atoms in total. The number of piperazine rings is 1. The van der Waals surface area contributed by atoms with E-state index in [0.29, 0.717) is 68.9 Å². The summed E-state index contributed by atoms with van der Waals surface area (Å²) in [6.07, 6.45) is 7.85. The average Bonchev–Trinajstić information content (AvgIpc) is 3.44. The lowest BCUT2D eigenvalue weighted by Crippen LogP contribution is -2.57. The second-order valence-electron chi connectivity index (χ2n) is 14.8. The number of hydrogen-bond acceptors (Lipinski definition) is 7. The molecule has 0 radical (unpaired) electrons. The number of H-pyrrole nitrogens is 1. The highest BCUT2D eigenvalue weighted by molar-refractivity contribution is 5.95. The van der Waals surface area contributed by atoms with Crippen LogP contribution in [-0.4, -0.2) is 105 Å². The first-order valence-electron chi connectivity index (χ1n) is 18.0. The van der Waals surface area contributed by atoms with E-state index in [-0.39, 0.29) is 35.6 Å². The molecule has 2 aromatic heterocycles. The molecule has 3 aromatic rings. The van der Waals surface area contributed by atoms with Gasteiger partial charge in [-0.1, -0.05) is 6.42 Å². The third-order valence-electron chi connectivity index (χ3n) is 9.97. The van der Waals surface area contributed by atoms with E-state index in [0.717, 1.165) is 25.2 Å². The monoisotopic (exact) mass is 691 g/mol. The minimum atomic E-state index is -0.579. The van der Waals surface area contributed by atoms with Crippen molar-refractivity contribution in [2.75, 3.05) is 45.9 Å². The number of benzene rings is 1. The topological polar surface area (TPSA) is 125 Å². The van der Waals surface area contributed by atoms with Crippen LogP contribution in [0, 0.1) is 11.7 Å². The van der Waals surface area contributed by atoms with E-state index >= 15 is 0 Å². The zero-order valence-corrected chi connectivity index (χ0v) is 29.7. The number of nitrogens with zero attached hydrogens (tertiary/aromatic N) is 6. The van der Waals surface area contributed by atoms with E-state index in [1.165, 1.54) is 43.5 Å². The number of carbonyl (C=O) groups excluding carboxylic acids is 3. The number of nitrogens with one attached hydrogen (secondary N) is 1. The maximum atomic E-state index is 13.7. The predicted molar refractivity (Wildman–Crippen MR) is 186 cm³/mol. The van der Waals surface area contributed by atoms with Gasteiger partial charge in [-0.2, -0.15) is 4.99 Å². The van der Waals surface area contributed by atoms with Crippen LogP contribution in [0.3, 0.4) is 0 Å². The van der Waals surface area contributed by atoms with Gasteiger partial charge in [0, 0.05) is 55.8 Å². The van der Waals surface area contributed by atoms with E-state index in [2.05, 4.69) is 19.9 Å². The number of pyridine rings is 1. The lowest BCUT2D eigenvalue weighted by atomic mass is 9.84. The molecule has 3 amide bonds. The Morgan fingerprint density at radius 2 is 1.72 bits per heavy atom. The third-order valence-corrected chi connectivity index (χ3v) is 9.97. The van der Waals surface area contributed by atoms with Gasteiger partial charge >= 0.3 is 6.09 Å². The molecule has 1 aromatic carbocycles. The van der Waals surface area contributed by atoms with Gasteiger partial charge in [-0.05, 0) is 104 Å². The average molecular weight is 692 g/mol. The standard InChI is InChI=1S/C37H50FN7O5/c1-25-24-43(18-19-44(25)36(48)50-37(2,3)4)34(47)27-10-14-29(15-11-27)45-31-22-32(49-21-20-42-16-6-5-7-17-42)39-23-30(31)40-35(45)41-33(46)26-8-12-28(38)13-9-26/h8-9,12-13,22-23,25,27,29H,5-7,10-11,14-21,24H2,1-4H3,(H,40,41,46). The minimum Gasteiger partial charge on any atom is -0.476 e. The van der Waals surface area contributed by atoms with Crippen LogP contribution in [0.4, 0.5) is 9.18 Å². The van der Waals surface area contributed by atoms with Gasteiger partial charge in [0.1, 0.15) is 18.0 Å². The zero-order chi connectivity index (χ0) is 35.4. The summed E-state index contributed by atoms with van der Waals surface area (Å²) in [6.45, 7) is 12.4. The van der Waals surface area contributed by atoms with Crippen LogP contribution in [0.15, 0.2) is 41.5 Å². The maximum absolute atomic E-state index is 13.7. The Morgan fingerprint density at radius 1 is 1.00 bits per heavy atom. The van der Waals surface area contributed by atoms with Gasteiger partial charge < -0.3 is 28.8 Å². The first-order valence-corrected chi connectivity index (χ1v) is 18.0. The second-order valence-corrected chi connectivity index (χ2v) is 14.8. The third kappa shape index (κ3) is 8.54. The molecule has 13 heteroatoms. The number of piperidine rings is 1. The molecule has 0 bridgehead atoms. The van der Waals surface area contributed by atoms with Gasteiger partial charge in [-0.25, -0.2) is 14.2 Å². The molecule has 2 aliphatic heterocycles. The first kappa shape index (κ1) is 35.6. The van der Waals surface area contributed by atoms with Crippen LogP contribution >= 0.6 is 0 Å². The number of rotatable bonds is 7. The van der Waals surface area contributed by atoms with Crippen molar-refractivity contribution < 1.29 is 28.2 Å². The number of likely N-dealkylation sites (tertiary alicyclic amines) is 1. The zero-order valence-electron chi connectivity index (χ0n) is 29.7. The molecule has 1 unspecified atom stereocenters. The SMILES string of the molecule is CC1CN(C(=O)C2CCC(n3/c(=N\C(=O)c4ccc(F)cc4)[nH]c4cnc(OCCN5CCCCC5)cc43)CC2)CCN1C(=O)OC(C)(C)C. The lowest BCUT2D eigenvalue weighted by Gasteiger charge is -2.42. The maximum Gasteiger partial charge on any atom is 0.410 e. The normalized spacial score (nSPS) is 22.5. The number of imidazole rings is 1. The highest BCUT2D eigenvalue weighted by Crippen LogP contribution is 2.35. The van der Waals surface area contributed by atoms with Crippen LogP contribution in [0.2, 0.25) is 0 Å². The Kier molecular flexibility index (Phi) is 10.9. The summed E-state index contributed by atoms with van der Waals surface area (Å²) in [5.41, 5.74) is 1.62. The van der Waals surface area contributed by atoms with E-state index in [1.54, 1.807) is 11.1 Å². The smallest absolute Gasteiger partial charge is 0.410 e. The number of hydrogen-bond donors (Lipinski definition) is 1. The largest absolute Gasteiger partial charge is 0.476 e. The van der Waals surface area contributed by atoms with Crippen molar-refractivity contribution >= 4 is 28.9 Å². The highest BCUT2D eigenvalue weighted by atomic mass is 19.1. The Morgan fingerprint density at radius 3 is 2.40 bits per heavy atom. The van der Waals surface area contributed by atoms with E-state index in [9.17, 15) is 18.8 Å². The number of amides is 3. The number of aromatic nitrogens is 3. The molecule has 0 spiro atoms. The Hall–Kier alpha value is -4.26. The number of ether oxygens (including phenoxy) is 2. The van der Waals surface area contributed by atoms with Crippen molar-refractivity contribution in [2.45, 2.75) is 90.3 Å². The van der Waals surface area contributed by atoms with Gasteiger partial charge in [-0.3, -0.25) is 14.5 Å². The summed E-state index contributed by atoms with van der Waals surface area (Å²) in [6, 6.07) is 7.06. The number of fused-ring (bicyclic) bond motifs is 1. The lowest BCUT2D eigenvalue weighted by molar-refractivity contribution is -0.139. The minimum absolute atomic E-state index is 0.0286. The van der Waals surface area contributed by atoms with Crippen molar-refractivity contribution in [2.24, 2.45) is 10.9 Å². The molecule has 1 saturated carbocycles. The summed E-state index contributed by atoms with van der Waals surface area (Å²) in [7, 11) is 0. The van der Waals surface area contributed by atoms with Crippen LogP contribution in [0.5, 0.6) is 5.88 Å². The Bertz CT molecular complexity index is 1730. The van der Waals surface area contributed by atoms with Crippen molar-refractivity contribution in [3.05, 3.63) is 53.5 Å². The van der Waals surface area contributed by atoms with Gasteiger partial charge in [0.05, 0.1) is 17.2 Å². The summed E-state index contributed by atoms with van der Waals surface area (Å²) in [5.74, 6) is -0.421. The van der Waals surface area contributed by atoms with Gasteiger partial charge in [0.15, 0.2) is 0 Å². The van der Waals surface area contributed by atoms with Gasteiger partial charge in [0.25, 0.3) is 5.91 Å². The van der Waals surface area contributed by atoms with Crippen LogP contribution in [0.25, 0.3) is 11.0 Å². The molecule has 2 saturated heterocycles. The van der Waals surface area contributed by atoms with E-state index in [1.807, 2.05) is 43.2 Å². The second kappa shape index (κ2) is 15.3. The summed E-state index contributed by atoms with van der Waals surface area (Å²) in [4.78, 5) is 57.9. The molecule has 50 heavy (non-hydrogen) atoms. The fraction of sp³-hybridized carbons (Fsp3) is 0.595. The summed E-state index contributed by atoms with van der Waals surface area (Å²) in [5, 5.41) is 0. The van der Waals surface area contributed by atoms with E-state index in [4.69, 9.17) is 9.47 Å². The number of halogens is 1. The molecular formula is C37H50FN7O5. The highest BCUT2D eigenvalue weighted by Gasteiger charge is 2.36. The first-order chi connectivity index (χ1) is 23.9.